The molecule has 0 bridgehead atoms. The van der Waals surface area contributed by atoms with Crippen molar-refractivity contribution in [2.45, 2.75) is 59.8 Å². The van der Waals surface area contributed by atoms with E-state index < -0.39 is 0 Å². The predicted molar refractivity (Wildman–Crippen MR) is 110 cm³/mol. The van der Waals surface area contributed by atoms with Gasteiger partial charge in [0.2, 0.25) is 0 Å². The van der Waals surface area contributed by atoms with Gasteiger partial charge >= 0.3 is 0 Å². The lowest BCUT2D eigenvalue weighted by molar-refractivity contribution is 0.289. The summed E-state index contributed by atoms with van der Waals surface area (Å²) in [6, 6.07) is 13.2. The van der Waals surface area contributed by atoms with Crippen LogP contribution in [0.25, 0.3) is 0 Å². The number of hydrogen-bond donors (Lipinski definition) is 0. The normalized spacial score (nSPS) is 20.0. The zero-order valence-electron chi connectivity index (χ0n) is 16.2. The van der Waals surface area contributed by atoms with E-state index in [9.17, 15) is 0 Å². The van der Waals surface area contributed by atoms with Crippen LogP contribution in [0.5, 0.6) is 0 Å². The molecule has 0 heteroatoms. The van der Waals surface area contributed by atoms with E-state index >= 15 is 0 Å². The van der Waals surface area contributed by atoms with Crippen molar-refractivity contribution in [3.05, 3.63) is 69.8 Å². The Bertz CT molecular complexity index is 781. The highest BCUT2D eigenvalue weighted by Crippen LogP contribution is 2.30. The number of hydrogen-bond acceptors (Lipinski definition) is 0. The van der Waals surface area contributed by atoms with Crippen molar-refractivity contribution in [3.63, 3.8) is 0 Å². The highest BCUT2D eigenvalue weighted by Gasteiger charge is 2.18. The van der Waals surface area contributed by atoms with Gasteiger partial charge in [0.05, 0.1) is 0 Å². The number of rotatable bonds is 2. The van der Waals surface area contributed by atoms with Crippen molar-refractivity contribution >= 4 is 0 Å². The SMILES string of the molecule is Cc1ccc(C#Cc2ccc(CC3CCC(C)CC3)cc2)c(C)c1C.[HH]. The van der Waals surface area contributed by atoms with Crippen molar-refractivity contribution in [2.24, 2.45) is 11.8 Å². The smallest absolute Gasteiger partial charge is 0.0281 e. The maximum atomic E-state index is 3.35. The Morgan fingerprint density at radius 2 is 1.52 bits per heavy atom. The fraction of sp³-hybridized carbons (Fsp3) is 0.440. The van der Waals surface area contributed by atoms with Gasteiger partial charge in [-0.3, -0.25) is 0 Å². The van der Waals surface area contributed by atoms with Gasteiger partial charge in [0.25, 0.3) is 0 Å². The van der Waals surface area contributed by atoms with Gasteiger partial charge in [0, 0.05) is 12.6 Å². The molecular weight excluding hydrogens is 300 g/mol. The Morgan fingerprint density at radius 3 is 2.20 bits per heavy atom. The topological polar surface area (TPSA) is 0 Å². The van der Waals surface area contributed by atoms with Crippen LogP contribution in [0.1, 0.15) is 67.4 Å². The summed E-state index contributed by atoms with van der Waals surface area (Å²) in [5.41, 5.74) is 7.71. The number of aryl methyl sites for hydroxylation is 1. The molecule has 2 aromatic rings. The first-order chi connectivity index (χ1) is 12.0. The third-order valence-electron chi connectivity index (χ3n) is 6.01. The van der Waals surface area contributed by atoms with E-state index in [1.54, 1.807) is 0 Å². The molecule has 0 aliphatic heterocycles. The van der Waals surface area contributed by atoms with E-state index in [4.69, 9.17) is 0 Å². The molecule has 0 N–H and O–H groups in total. The van der Waals surface area contributed by atoms with E-state index in [2.05, 4.69) is 75.9 Å². The minimum absolute atomic E-state index is 0. The molecule has 1 fully saturated rings. The second-order valence-electron chi connectivity index (χ2n) is 7.96. The summed E-state index contributed by atoms with van der Waals surface area (Å²) in [5, 5.41) is 0. The van der Waals surface area contributed by atoms with Gasteiger partial charge in [-0.2, -0.15) is 0 Å². The minimum atomic E-state index is 0. The lowest BCUT2D eigenvalue weighted by Crippen LogP contribution is -2.14. The lowest BCUT2D eigenvalue weighted by atomic mass is 9.80. The van der Waals surface area contributed by atoms with Crippen LogP contribution in [0.2, 0.25) is 0 Å². The molecule has 0 atom stereocenters. The minimum Gasteiger partial charge on any atom is -0.0625 e. The van der Waals surface area contributed by atoms with E-state index in [-0.39, 0.29) is 1.43 Å². The first-order valence-electron chi connectivity index (χ1n) is 9.70. The molecule has 0 heterocycles. The summed E-state index contributed by atoms with van der Waals surface area (Å²) >= 11 is 0. The van der Waals surface area contributed by atoms with Gasteiger partial charge in [-0.25, -0.2) is 0 Å². The molecule has 1 aliphatic rings. The van der Waals surface area contributed by atoms with Gasteiger partial charge in [0.15, 0.2) is 0 Å². The third kappa shape index (κ3) is 4.55. The summed E-state index contributed by atoms with van der Waals surface area (Å²) in [6.07, 6.45) is 6.84. The Morgan fingerprint density at radius 1 is 0.840 bits per heavy atom. The predicted octanol–water partition coefficient (Wildman–Crippen LogP) is 6.63. The number of benzene rings is 2. The Kier molecular flexibility index (Phi) is 5.64. The first-order valence-corrected chi connectivity index (χ1v) is 9.70. The maximum Gasteiger partial charge on any atom is 0.0281 e. The Balaban J connectivity index is 0.00000243. The molecule has 2 aromatic carbocycles. The van der Waals surface area contributed by atoms with Crippen LogP contribution in [0.3, 0.4) is 0 Å². The molecular formula is C25H32. The summed E-state index contributed by atoms with van der Waals surface area (Å²) < 4.78 is 0. The molecule has 0 nitrogen and oxygen atoms in total. The fourth-order valence-corrected chi connectivity index (χ4v) is 3.82. The molecule has 0 spiro atoms. The second-order valence-corrected chi connectivity index (χ2v) is 7.96. The van der Waals surface area contributed by atoms with Crippen molar-refractivity contribution in [2.75, 3.05) is 0 Å². The molecule has 25 heavy (non-hydrogen) atoms. The van der Waals surface area contributed by atoms with Gasteiger partial charge in [-0.1, -0.05) is 49.8 Å². The Labute approximate surface area is 155 Å². The van der Waals surface area contributed by atoms with Crippen LogP contribution in [0, 0.1) is 44.4 Å². The van der Waals surface area contributed by atoms with Crippen LogP contribution in [-0.2, 0) is 6.42 Å². The van der Waals surface area contributed by atoms with E-state index in [0.717, 1.165) is 23.0 Å². The molecule has 0 aromatic heterocycles. The first kappa shape index (κ1) is 17.8. The van der Waals surface area contributed by atoms with Crippen molar-refractivity contribution < 1.29 is 1.43 Å². The fourth-order valence-electron chi connectivity index (χ4n) is 3.82. The molecule has 1 saturated carbocycles. The molecule has 132 valence electrons. The van der Waals surface area contributed by atoms with Gasteiger partial charge in [-0.15, -0.1) is 0 Å². The van der Waals surface area contributed by atoms with Crippen LogP contribution >= 0.6 is 0 Å². The standard InChI is InChI=1S/C25H30.H2/c1-18-5-8-23(9-6-18)17-24-12-10-22(11-13-24)14-16-25-15-7-19(2)20(3)21(25)4;/h7,10-13,15,18,23H,5-6,8-9,17H2,1-4H3;1H. The van der Waals surface area contributed by atoms with Gasteiger partial charge < -0.3 is 0 Å². The zero-order valence-corrected chi connectivity index (χ0v) is 16.2. The highest BCUT2D eigenvalue weighted by molar-refractivity contribution is 5.50. The molecule has 0 amide bonds. The average molecular weight is 333 g/mol. The Hall–Kier alpha value is -2.00. The molecule has 0 unspecified atom stereocenters. The van der Waals surface area contributed by atoms with Crippen LogP contribution in [-0.4, -0.2) is 0 Å². The van der Waals surface area contributed by atoms with E-state index in [1.165, 1.54) is 54.4 Å². The highest BCUT2D eigenvalue weighted by atomic mass is 14.2. The average Bonchev–Trinajstić information content (AvgIpc) is 2.62. The second kappa shape index (κ2) is 7.92. The summed E-state index contributed by atoms with van der Waals surface area (Å²) in [4.78, 5) is 0. The third-order valence-corrected chi connectivity index (χ3v) is 6.01. The monoisotopic (exact) mass is 332 g/mol. The summed E-state index contributed by atoms with van der Waals surface area (Å²) in [5.74, 6) is 8.50. The van der Waals surface area contributed by atoms with Crippen molar-refractivity contribution in [1.82, 2.24) is 0 Å². The maximum absolute atomic E-state index is 3.35. The van der Waals surface area contributed by atoms with Crippen molar-refractivity contribution in [1.29, 1.82) is 0 Å². The van der Waals surface area contributed by atoms with Crippen LogP contribution in [0.15, 0.2) is 36.4 Å². The van der Waals surface area contributed by atoms with E-state index in [0.29, 0.717) is 0 Å². The quantitative estimate of drug-likeness (QED) is 0.542. The van der Waals surface area contributed by atoms with Crippen LogP contribution < -0.4 is 0 Å². The molecule has 0 saturated heterocycles. The van der Waals surface area contributed by atoms with Gasteiger partial charge in [0.1, 0.15) is 0 Å². The molecule has 0 radical (unpaired) electrons. The zero-order chi connectivity index (χ0) is 17.8. The van der Waals surface area contributed by atoms with E-state index in [1.807, 2.05) is 0 Å². The largest absolute Gasteiger partial charge is 0.0625 e. The van der Waals surface area contributed by atoms with Crippen LogP contribution in [0.4, 0.5) is 0 Å². The molecule has 1 aliphatic carbocycles. The molecule has 3 rings (SSSR count). The van der Waals surface area contributed by atoms with Gasteiger partial charge in [-0.05, 0) is 92.3 Å². The van der Waals surface area contributed by atoms with Crippen molar-refractivity contribution in [3.8, 4) is 11.8 Å². The summed E-state index contributed by atoms with van der Waals surface area (Å²) in [6.45, 7) is 8.89. The summed E-state index contributed by atoms with van der Waals surface area (Å²) in [7, 11) is 0. The lowest BCUT2D eigenvalue weighted by Gasteiger charge is -2.26.